The van der Waals surface area contributed by atoms with E-state index in [1.54, 1.807) is 18.7 Å². The van der Waals surface area contributed by atoms with Crippen LogP contribution < -0.4 is 5.32 Å². The topological polar surface area (TPSA) is 69.6 Å². The van der Waals surface area contributed by atoms with Crippen molar-refractivity contribution in [2.24, 2.45) is 11.3 Å². The van der Waals surface area contributed by atoms with E-state index in [-0.39, 0.29) is 18.4 Å². The van der Waals surface area contributed by atoms with Gasteiger partial charge in [0.1, 0.15) is 0 Å². The largest absolute Gasteiger partial charge is 0.481 e. The van der Waals surface area contributed by atoms with Gasteiger partial charge in [0.25, 0.3) is 0 Å². The fraction of sp³-hybridized carbons (Fsp3) is 0.714. The van der Waals surface area contributed by atoms with Crippen molar-refractivity contribution in [2.75, 3.05) is 26.2 Å². The van der Waals surface area contributed by atoms with Crippen molar-refractivity contribution in [1.29, 1.82) is 0 Å². The molecule has 1 atom stereocenters. The molecule has 1 unspecified atom stereocenters. The Labute approximate surface area is 114 Å². The average Bonchev–Trinajstić information content (AvgIpc) is 2.39. The Hall–Kier alpha value is -1.54. The monoisotopic (exact) mass is 266 g/mol. The summed E-state index contributed by atoms with van der Waals surface area (Å²) in [4.78, 5) is 25.0. The summed E-state index contributed by atoms with van der Waals surface area (Å²) in [5.41, 5.74) is -0.800. The van der Waals surface area contributed by atoms with Gasteiger partial charge in [-0.05, 0) is 32.6 Å². The zero-order valence-corrected chi connectivity index (χ0v) is 11.6. The van der Waals surface area contributed by atoms with Crippen molar-refractivity contribution in [2.45, 2.75) is 26.7 Å². The highest BCUT2D eigenvalue weighted by Gasteiger charge is 2.39. The molecule has 5 heteroatoms. The molecule has 0 aromatic carbocycles. The smallest absolute Gasteiger partial charge is 0.309 e. The quantitative estimate of drug-likeness (QED) is 0.563. The molecule has 0 aromatic heterocycles. The van der Waals surface area contributed by atoms with Gasteiger partial charge in [-0.3, -0.25) is 14.9 Å². The standard InChI is InChI=1S/C14H22N2O3/c1-4-7-15-9-12(17)16-8-5-6-11(10-16)14(2,3)13(18)19/h1,11,15H,5-10H2,2-3H3,(H,18,19). The predicted molar refractivity (Wildman–Crippen MR) is 72.4 cm³/mol. The fourth-order valence-corrected chi connectivity index (χ4v) is 2.32. The second kappa shape index (κ2) is 6.58. The number of carbonyl (C=O) groups is 2. The first kappa shape index (κ1) is 15.5. The molecule has 1 fully saturated rings. The molecule has 0 saturated carbocycles. The maximum atomic E-state index is 12.0. The Morgan fingerprint density at radius 2 is 2.21 bits per heavy atom. The van der Waals surface area contributed by atoms with Crippen molar-refractivity contribution in [3.05, 3.63) is 0 Å². The van der Waals surface area contributed by atoms with Crippen molar-refractivity contribution in [3.8, 4) is 12.3 Å². The first-order valence-corrected chi connectivity index (χ1v) is 6.55. The minimum absolute atomic E-state index is 0.00432. The molecule has 1 heterocycles. The molecule has 0 radical (unpaired) electrons. The Bertz CT molecular complexity index is 385. The molecular weight excluding hydrogens is 244 g/mol. The summed E-state index contributed by atoms with van der Waals surface area (Å²) in [6.45, 7) is 5.24. The van der Waals surface area contributed by atoms with Crippen LogP contribution in [0.1, 0.15) is 26.7 Å². The summed E-state index contributed by atoms with van der Waals surface area (Å²) in [5, 5.41) is 12.1. The average molecular weight is 266 g/mol. The number of carboxylic acids is 1. The predicted octanol–water partition coefficient (Wildman–Crippen LogP) is 0.559. The molecule has 1 amide bonds. The summed E-state index contributed by atoms with van der Waals surface area (Å²) >= 11 is 0. The van der Waals surface area contributed by atoms with Gasteiger partial charge in [0, 0.05) is 13.1 Å². The molecule has 106 valence electrons. The zero-order chi connectivity index (χ0) is 14.5. The van der Waals surface area contributed by atoms with Crippen LogP contribution in [0.2, 0.25) is 0 Å². The fourth-order valence-electron chi connectivity index (χ4n) is 2.32. The number of terminal acetylenes is 1. The molecular formula is C14H22N2O3. The van der Waals surface area contributed by atoms with Crippen LogP contribution in [0.25, 0.3) is 0 Å². The summed E-state index contributed by atoms with van der Waals surface area (Å²) in [6, 6.07) is 0. The van der Waals surface area contributed by atoms with E-state index in [1.165, 1.54) is 0 Å². The number of nitrogens with one attached hydrogen (secondary N) is 1. The van der Waals surface area contributed by atoms with Gasteiger partial charge in [-0.15, -0.1) is 6.42 Å². The number of hydrogen-bond acceptors (Lipinski definition) is 3. The van der Waals surface area contributed by atoms with Gasteiger partial charge in [0.05, 0.1) is 18.5 Å². The molecule has 19 heavy (non-hydrogen) atoms. The molecule has 5 nitrogen and oxygen atoms in total. The second-order valence-corrected chi connectivity index (χ2v) is 5.51. The van der Waals surface area contributed by atoms with E-state index in [0.29, 0.717) is 19.6 Å². The number of piperidine rings is 1. The minimum Gasteiger partial charge on any atom is -0.481 e. The van der Waals surface area contributed by atoms with Crippen LogP contribution in [0.15, 0.2) is 0 Å². The number of aliphatic carboxylic acids is 1. The molecule has 0 bridgehead atoms. The van der Waals surface area contributed by atoms with Gasteiger partial charge in [0.15, 0.2) is 0 Å². The first-order chi connectivity index (χ1) is 8.89. The van der Waals surface area contributed by atoms with Gasteiger partial charge < -0.3 is 10.0 Å². The maximum absolute atomic E-state index is 12.0. The van der Waals surface area contributed by atoms with Gasteiger partial charge >= 0.3 is 5.97 Å². The van der Waals surface area contributed by atoms with E-state index in [1.807, 2.05) is 0 Å². The third-order valence-corrected chi connectivity index (χ3v) is 3.85. The van der Waals surface area contributed by atoms with Gasteiger partial charge in [-0.2, -0.15) is 0 Å². The van der Waals surface area contributed by atoms with Gasteiger partial charge in [-0.25, -0.2) is 0 Å². The zero-order valence-electron chi connectivity index (χ0n) is 11.6. The van der Waals surface area contributed by atoms with Crippen LogP contribution in [-0.4, -0.2) is 48.1 Å². The molecule has 0 spiro atoms. The molecule has 1 aliphatic heterocycles. The van der Waals surface area contributed by atoms with Crippen LogP contribution >= 0.6 is 0 Å². The lowest BCUT2D eigenvalue weighted by Crippen LogP contribution is -2.49. The second-order valence-electron chi connectivity index (χ2n) is 5.51. The third kappa shape index (κ3) is 3.97. The summed E-state index contributed by atoms with van der Waals surface area (Å²) in [7, 11) is 0. The van der Waals surface area contributed by atoms with Crippen LogP contribution in [0.4, 0.5) is 0 Å². The molecule has 1 rings (SSSR count). The Morgan fingerprint density at radius 1 is 1.53 bits per heavy atom. The SMILES string of the molecule is C#CCNCC(=O)N1CCCC(C(C)(C)C(=O)O)C1. The molecule has 1 aliphatic rings. The lowest BCUT2D eigenvalue weighted by atomic mass is 9.74. The van der Waals surface area contributed by atoms with E-state index in [4.69, 9.17) is 6.42 Å². The van der Waals surface area contributed by atoms with E-state index in [0.717, 1.165) is 12.8 Å². The molecule has 0 aliphatic carbocycles. The van der Waals surface area contributed by atoms with Crippen molar-refractivity contribution < 1.29 is 14.7 Å². The van der Waals surface area contributed by atoms with Gasteiger partial charge in [0.2, 0.25) is 5.91 Å². The van der Waals surface area contributed by atoms with E-state index < -0.39 is 11.4 Å². The van der Waals surface area contributed by atoms with Crippen LogP contribution in [0.3, 0.4) is 0 Å². The third-order valence-electron chi connectivity index (χ3n) is 3.85. The number of rotatable bonds is 5. The van der Waals surface area contributed by atoms with Crippen LogP contribution in [0, 0.1) is 23.7 Å². The van der Waals surface area contributed by atoms with E-state index in [9.17, 15) is 14.7 Å². The van der Waals surface area contributed by atoms with Gasteiger partial charge in [-0.1, -0.05) is 5.92 Å². The Balaban J connectivity index is 2.57. The lowest BCUT2D eigenvalue weighted by molar-refractivity contribution is -0.153. The van der Waals surface area contributed by atoms with Crippen molar-refractivity contribution in [1.82, 2.24) is 10.2 Å². The number of carbonyl (C=O) groups excluding carboxylic acids is 1. The van der Waals surface area contributed by atoms with E-state index in [2.05, 4.69) is 11.2 Å². The van der Waals surface area contributed by atoms with E-state index >= 15 is 0 Å². The molecule has 1 saturated heterocycles. The maximum Gasteiger partial charge on any atom is 0.309 e. The molecule has 2 N–H and O–H groups in total. The van der Waals surface area contributed by atoms with Crippen LogP contribution in [-0.2, 0) is 9.59 Å². The summed E-state index contributed by atoms with van der Waals surface area (Å²) in [6.07, 6.45) is 6.80. The number of amides is 1. The van der Waals surface area contributed by atoms with Crippen molar-refractivity contribution in [3.63, 3.8) is 0 Å². The number of hydrogen-bond donors (Lipinski definition) is 2. The highest BCUT2D eigenvalue weighted by atomic mass is 16.4. The highest BCUT2D eigenvalue weighted by Crippen LogP contribution is 2.34. The first-order valence-electron chi connectivity index (χ1n) is 6.55. The summed E-state index contributed by atoms with van der Waals surface area (Å²) in [5.74, 6) is 1.59. The minimum atomic E-state index is -0.808. The van der Waals surface area contributed by atoms with Crippen LogP contribution in [0.5, 0.6) is 0 Å². The number of nitrogens with zero attached hydrogens (tertiary/aromatic N) is 1. The van der Waals surface area contributed by atoms with Crippen molar-refractivity contribution >= 4 is 11.9 Å². The summed E-state index contributed by atoms with van der Waals surface area (Å²) < 4.78 is 0. The Kier molecular flexibility index (Phi) is 5.37. The number of carboxylic acid groups (broad SMARTS) is 1. The lowest BCUT2D eigenvalue weighted by Gasteiger charge is -2.39. The normalized spacial score (nSPS) is 19.8. The highest BCUT2D eigenvalue weighted by molar-refractivity contribution is 5.79. The molecule has 0 aromatic rings. The number of likely N-dealkylation sites (tertiary alicyclic amines) is 1. The Morgan fingerprint density at radius 3 is 2.79 bits per heavy atom.